The first-order chi connectivity index (χ1) is 12.2. The number of aliphatic imine (C=N–C) groups is 1. The van der Waals surface area contributed by atoms with E-state index in [-0.39, 0.29) is 0 Å². The lowest BCUT2D eigenvalue weighted by atomic mass is 10.1. The number of pyridine rings is 1. The summed E-state index contributed by atoms with van der Waals surface area (Å²) >= 11 is 0. The number of ether oxygens (including phenoxy) is 1. The van der Waals surface area contributed by atoms with E-state index < -0.39 is 0 Å². The Labute approximate surface area is 149 Å². The Morgan fingerprint density at radius 2 is 2.04 bits per heavy atom. The van der Waals surface area contributed by atoms with Crippen LogP contribution in [0, 0.1) is 5.92 Å². The lowest BCUT2D eigenvalue weighted by molar-refractivity contribution is 0.128. The molecule has 2 heterocycles. The van der Waals surface area contributed by atoms with Crippen LogP contribution < -0.4 is 10.6 Å². The maximum absolute atomic E-state index is 5.59. The molecular formula is C18H30N6O. The molecule has 0 aromatic carbocycles. The normalized spacial score (nSPS) is 12.1. The zero-order valence-corrected chi connectivity index (χ0v) is 15.5. The van der Waals surface area contributed by atoms with Gasteiger partial charge >= 0.3 is 0 Å². The van der Waals surface area contributed by atoms with Crippen LogP contribution >= 0.6 is 0 Å². The summed E-state index contributed by atoms with van der Waals surface area (Å²) in [5.74, 6) is 2.47. The highest BCUT2D eigenvalue weighted by Crippen LogP contribution is 2.04. The summed E-state index contributed by atoms with van der Waals surface area (Å²) in [6.45, 7) is 7.50. The van der Waals surface area contributed by atoms with Gasteiger partial charge in [-0.3, -0.25) is 9.39 Å². The first-order valence-electron chi connectivity index (χ1n) is 9.01. The van der Waals surface area contributed by atoms with E-state index in [1.54, 1.807) is 7.05 Å². The second kappa shape index (κ2) is 10.7. The molecule has 0 spiro atoms. The molecule has 0 saturated heterocycles. The third kappa shape index (κ3) is 6.70. The van der Waals surface area contributed by atoms with Crippen molar-refractivity contribution in [3.05, 3.63) is 30.2 Å². The SMILES string of the molecule is CN=C(NCCCc1nnc2ccccn12)NCCOCCC(C)C. The number of nitrogens with zero attached hydrogens (tertiary/aromatic N) is 4. The molecule has 7 nitrogen and oxygen atoms in total. The zero-order chi connectivity index (χ0) is 17.9. The molecule has 0 amide bonds. The molecule has 0 unspecified atom stereocenters. The Hall–Kier alpha value is -2.15. The quantitative estimate of drug-likeness (QED) is 0.390. The summed E-state index contributed by atoms with van der Waals surface area (Å²) < 4.78 is 7.62. The summed E-state index contributed by atoms with van der Waals surface area (Å²) in [5.41, 5.74) is 0.889. The Balaban J connectivity index is 1.59. The topological polar surface area (TPSA) is 75.8 Å². The Kier molecular flexibility index (Phi) is 8.18. The van der Waals surface area contributed by atoms with Crippen LogP contribution in [-0.4, -0.2) is 53.9 Å². The van der Waals surface area contributed by atoms with Crippen LogP contribution in [0.15, 0.2) is 29.4 Å². The first kappa shape index (κ1) is 19.2. The van der Waals surface area contributed by atoms with E-state index in [1.807, 2.05) is 28.8 Å². The minimum atomic E-state index is 0.685. The van der Waals surface area contributed by atoms with Crippen LogP contribution in [0.1, 0.15) is 32.5 Å². The van der Waals surface area contributed by atoms with Gasteiger partial charge in [0.15, 0.2) is 11.6 Å². The van der Waals surface area contributed by atoms with Gasteiger partial charge < -0.3 is 15.4 Å². The van der Waals surface area contributed by atoms with Crippen LogP contribution in [0.4, 0.5) is 0 Å². The standard InChI is InChI=1S/C18H30N6O/c1-15(2)9-13-25-14-11-21-18(19-3)20-10-6-8-17-23-22-16-7-4-5-12-24(16)17/h4-5,7,12,15H,6,8-11,13-14H2,1-3H3,(H2,19,20,21). The minimum absolute atomic E-state index is 0.685. The van der Waals surface area contributed by atoms with E-state index in [9.17, 15) is 0 Å². The number of aryl methyl sites for hydroxylation is 1. The molecule has 0 aliphatic heterocycles. The van der Waals surface area contributed by atoms with Gasteiger partial charge in [0.05, 0.1) is 6.61 Å². The molecule has 2 aromatic rings. The van der Waals surface area contributed by atoms with Crippen LogP contribution in [-0.2, 0) is 11.2 Å². The van der Waals surface area contributed by atoms with Crippen LogP contribution in [0.3, 0.4) is 0 Å². The van der Waals surface area contributed by atoms with Crippen LogP contribution in [0.25, 0.3) is 5.65 Å². The van der Waals surface area contributed by atoms with E-state index in [4.69, 9.17) is 4.74 Å². The van der Waals surface area contributed by atoms with Crippen LogP contribution in [0.2, 0.25) is 0 Å². The number of hydrogen-bond acceptors (Lipinski definition) is 4. The van der Waals surface area contributed by atoms with Crippen molar-refractivity contribution in [2.45, 2.75) is 33.1 Å². The van der Waals surface area contributed by atoms with Crippen LogP contribution in [0.5, 0.6) is 0 Å². The smallest absolute Gasteiger partial charge is 0.191 e. The molecule has 7 heteroatoms. The van der Waals surface area contributed by atoms with Gasteiger partial charge in [-0.1, -0.05) is 19.9 Å². The summed E-state index contributed by atoms with van der Waals surface area (Å²) in [7, 11) is 1.78. The second-order valence-electron chi connectivity index (χ2n) is 6.37. The van der Waals surface area contributed by atoms with Crippen molar-refractivity contribution in [2.75, 3.05) is 33.4 Å². The van der Waals surface area contributed by atoms with Gasteiger partial charge in [0.25, 0.3) is 0 Å². The average molecular weight is 346 g/mol. The highest BCUT2D eigenvalue weighted by Gasteiger charge is 2.04. The molecule has 25 heavy (non-hydrogen) atoms. The number of nitrogens with one attached hydrogen (secondary N) is 2. The molecule has 0 saturated carbocycles. The third-order valence-electron chi connectivity index (χ3n) is 3.86. The summed E-state index contributed by atoms with van der Waals surface area (Å²) in [4.78, 5) is 4.22. The largest absolute Gasteiger partial charge is 0.380 e. The molecule has 0 aliphatic carbocycles. The fourth-order valence-electron chi connectivity index (χ4n) is 2.40. The third-order valence-corrected chi connectivity index (χ3v) is 3.86. The van der Waals surface area contributed by atoms with Gasteiger partial charge in [-0.05, 0) is 30.9 Å². The number of aromatic nitrogens is 3. The van der Waals surface area contributed by atoms with Crippen molar-refractivity contribution in [2.24, 2.45) is 10.9 Å². The van der Waals surface area contributed by atoms with Gasteiger partial charge in [0.2, 0.25) is 0 Å². The lowest BCUT2D eigenvalue weighted by Crippen LogP contribution is -2.39. The minimum Gasteiger partial charge on any atom is -0.380 e. The van der Waals surface area contributed by atoms with Gasteiger partial charge in [0.1, 0.15) is 5.82 Å². The maximum atomic E-state index is 5.59. The fraction of sp³-hybridized carbons (Fsp3) is 0.611. The molecule has 2 rings (SSSR count). The monoisotopic (exact) mass is 346 g/mol. The summed E-state index contributed by atoms with van der Waals surface area (Å²) in [6, 6.07) is 5.93. The molecular weight excluding hydrogens is 316 g/mol. The molecule has 0 atom stereocenters. The predicted octanol–water partition coefficient (Wildman–Crippen LogP) is 1.89. The van der Waals surface area contributed by atoms with Gasteiger partial charge in [-0.15, -0.1) is 10.2 Å². The number of fused-ring (bicyclic) bond motifs is 1. The molecule has 2 aromatic heterocycles. The Morgan fingerprint density at radius 1 is 1.20 bits per heavy atom. The van der Waals surface area contributed by atoms with E-state index >= 15 is 0 Å². The van der Waals surface area contributed by atoms with Gasteiger partial charge in [-0.2, -0.15) is 0 Å². The van der Waals surface area contributed by atoms with Crippen molar-refractivity contribution in [3.8, 4) is 0 Å². The predicted molar refractivity (Wildman–Crippen MR) is 101 cm³/mol. The molecule has 0 radical (unpaired) electrons. The second-order valence-corrected chi connectivity index (χ2v) is 6.37. The number of guanidine groups is 1. The van der Waals surface area contributed by atoms with E-state index in [0.29, 0.717) is 12.5 Å². The number of rotatable bonds is 10. The van der Waals surface area contributed by atoms with Crippen molar-refractivity contribution in [1.29, 1.82) is 0 Å². The van der Waals surface area contributed by atoms with Crippen molar-refractivity contribution >= 4 is 11.6 Å². The van der Waals surface area contributed by atoms with E-state index in [1.165, 1.54) is 0 Å². The van der Waals surface area contributed by atoms with Gasteiger partial charge in [0, 0.05) is 39.4 Å². The highest BCUT2D eigenvalue weighted by atomic mass is 16.5. The Morgan fingerprint density at radius 3 is 2.84 bits per heavy atom. The van der Waals surface area contributed by atoms with Gasteiger partial charge in [-0.25, -0.2) is 0 Å². The molecule has 0 aliphatic rings. The van der Waals surface area contributed by atoms with Crippen molar-refractivity contribution in [1.82, 2.24) is 25.2 Å². The summed E-state index contributed by atoms with van der Waals surface area (Å²) in [6.07, 6.45) is 4.93. The average Bonchev–Trinajstić information content (AvgIpc) is 3.02. The first-order valence-corrected chi connectivity index (χ1v) is 9.01. The highest BCUT2D eigenvalue weighted by molar-refractivity contribution is 5.79. The maximum Gasteiger partial charge on any atom is 0.191 e. The number of hydrogen-bond donors (Lipinski definition) is 2. The van der Waals surface area contributed by atoms with E-state index in [0.717, 1.165) is 56.4 Å². The molecule has 2 N–H and O–H groups in total. The van der Waals surface area contributed by atoms with Crippen molar-refractivity contribution in [3.63, 3.8) is 0 Å². The lowest BCUT2D eigenvalue weighted by Gasteiger charge is -2.12. The fourth-order valence-corrected chi connectivity index (χ4v) is 2.40. The Bertz CT molecular complexity index is 652. The summed E-state index contributed by atoms with van der Waals surface area (Å²) in [5, 5.41) is 15.0. The molecule has 0 fully saturated rings. The van der Waals surface area contributed by atoms with Crippen molar-refractivity contribution < 1.29 is 4.74 Å². The molecule has 0 bridgehead atoms. The van der Waals surface area contributed by atoms with E-state index in [2.05, 4.69) is 39.7 Å². The molecule has 138 valence electrons. The zero-order valence-electron chi connectivity index (χ0n) is 15.5.